The Hall–Kier alpha value is -0.130. The summed E-state index contributed by atoms with van der Waals surface area (Å²) in [5.41, 5.74) is 0. The van der Waals surface area contributed by atoms with E-state index < -0.39 is 0 Å². The van der Waals surface area contributed by atoms with Crippen LogP contribution < -0.4 is 0 Å². The minimum Gasteiger partial charge on any atom is -0.282 e. The molecule has 0 aromatic rings. The molecule has 0 aliphatic rings. The van der Waals surface area contributed by atoms with Gasteiger partial charge in [0.1, 0.15) is 0 Å². The molecular weight excluding hydrogens is 272 g/mol. The van der Waals surface area contributed by atoms with Crippen LogP contribution in [-0.4, -0.2) is 33.2 Å². The smallest absolute Gasteiger partial charge is 0.211 e. The van der Waals surface area contributed by atoms with Crippen molar-refractivity contribution in [2.24, 2.45) is 0 Å². The van der Waals surface area contributed by atoms with Gasteiger partial charge < -0.3 is 0 Å². The van der Waals surface area contributed by atoms with Gasteiger partial charge >= 0.3 is 0 Å². The SMILES string of the molecule is C=CC(=O)SCCCSCCCSC(=O)C=C. The Labute approximate surface area is 116 Å². The molecule has 0 amide bonds. The second-order valence-corrected chi connectivity index (χ2v) is 6.49. The second-order valence-electron chi connectivity index (χ2n) is 3.06. The Morgan fingerprint density at radius 2 is 1.24 bits per heavy atom. The topological polar surface area (TPSA) is 34.1 Å². The van der Waals surface area contributed by atoms with Gasteiger partial charge in [0, 0.05) is 11.5 Å². The zero-order valence-corrected chi connectivity index (χ0v) is 12.3. The predicted molar refractivity (Wildman–Crippen MR) is 81.9 cm³/mol. The average molecular weight is 290 g/mol. The van der Waals surface area contributed by atoms with Crippen molar-refractivity contribution in [3.05, 3.63) is 25.3 Å². The lowest BCUT2D eigenvalue weighted by Gasteiger charge is -2.00. The van der Waals surface area contributed by atoms with E-state index in [4.69, 9.17) is 0 Å². The molecular formula is C12H18O2S3. The van der Waals surface area contributed by atoms with Crippen molar-refractivity contribution in [2.75, 3.05) is 23.0 Å². The fourth-order valence-electron chi connectivity index (χ4n) is 0.887. The third-order valence-electron chi connectivity index (χ3n) is 1.69. The van der Waals surface area contributed by atoms with Gasteiger partial charge in [-0.3, -0.25) is 9.59 Å². The molecule has 0 saturated heterocycles. The number of thioether (sulfide) groups is 3. The number of carbonyl (C=O) groups excluding carboxylic acids is 2. The van der Waals surface area contributed by atoms with Crippen LogP contribution in [0.15, 0.2) is 25.3 Å². The Bertz CT molecular complexity index is 238. The molecule has 0 spiro atoms. The molecule has 0 N–H and O–H groups in total. The molecule has 0 atom stereocenters. The van der Waals surface area contributed by atoms with Gasteiger partial charge in [0.2, 0.25) is 10.2 Å². The highest BCUT2D eigenvalue weighted by Crippen LogP contribution is 2.12. The zero-order chi connectivity index (χ0) is 12.9. The fourth-order valence-corrected chi connectivity index (χ4v) is 3.37. The van der Waals surface area contributed by atoms with Gasteiger partial charge in [-0.15, -0.1) is 0 Å². The van der Waals surface area contributed by atoms with Crippen LogP contribution in [0.3, 0.4) is 0 Å². The van der Waals surface area contributed by atoms with Gasteiger partial charge in [-0.05, 0) is 36.5 Å². The first-order valence-electron chi connectivity index (χ1n) is 5.37. The molecule has 2 nitrogen and oxygen atoms in total. The van der Waals surface area contributed by atoms with Crippen LogP contribution in [0.5, 0.6) is 0 Å². The van der Waals surface area contributed by atoms with E-state index in [-0.39, 0.29) is 10.2 Å². The molecule has 0 heterocycles. The zero-order valence-electron chi connectivity index (χ0n) is 9.85. The van der Waals surface area contributed by atoms with E-state index in [0.29, 0.717) is 0 Å². The minimum absolute atomic E-state index is 0.0503. The molecule has 0 aromatic carbocycles. The van der Waals surface area contributed by atoms with E-state index in [0.717, 1.165) is 35.9 Å². The maximum Gasteiger partial charge on any atom is 0.211 e. The highest BCUT2D eigenvalue weighted by molar-refractivity contribution is 8.14. The van der Waals surface area contributed by atoms with Gasteiger partial charge in [0.25, 0.3) is 0 Å². The lowest BCUT2D eigenvalue weighted by molar-refractivity contribution is -0.107. The monoisotopic (exact) mass is 290 g/mol. The molecule has 17 heavy (non-hydrogen) atoms. The van der Waals surface area contributed by atoms with Gasteiger partial charge in [-0.1, -0.05) is 36.7 Å². The third-order valence-corrected chi connectivity index (χ3v) is 4.73. The number of hydrogen-bond donors (Lipinski definition) is 0. The van der Waals surface area contributed by atoms with Crippen molar-refractivity contribution in [1.82, 2.24) is 0 Å². The molecule has 0 aromatic heterocycles. The summed E-state index contributed by atoms with van der Waals surface area (Å²) < 4.78 is 0. The molecule has 0 unspecified atom stereocenters. The van der Waals surface area contributed by atoms with E-state index in [1.807, 2.05) is 11.8 Å². The third kappa shape index (κ3) is 12.1. The summed E-state index contributed by atoms with van der Waals surface area (Å²) in [6, 6.07) is 0. The number of rotatable bonds is 10. The fraction of sp³-hybridized carbons (Fsp3) is 0.500. The van der Waals surface area contributed by atoms with Crippen molar-refractivity contribution >= 4 is 45.5 Å². The first kappa shape index (κ1) is 16.9. The maximum absolute atomic E-state index is 10.9. The lowest BCUT2D eigenvalue weighted by Crippen LogP contribution is -1.93. The molecule has 0 aliphatic carbocycles. The lowest BCUT2D eigenvalue weighted by atomic mass is 10.6. The number of carbonyl (C=O) groups is 2. The first-order chi connectivity index (χ1) is 8.20. The maximum atomic E-state index is 10.9. The molecule has 96 valence electrons. The van der Waals surface area contributed by atoms with Gasteiger partial charge in [0.15, 0.2) is 0 Å². The predicted octanol–water partition coefficient (Wildman–Crippen LogP) is 3.39. The van der Waals surface area contributed by atoms with E-state index >= 15 is 0 Å². The van der Waals surface area contributed by atoms with Crippen molar-refractivity contribution in [2.45, 2.75) is 12.8 Å². The van der Waals surface area contributed by atoms with E-state index in [1.165, 1.54) is 35.7 Å². The first-order valence-corrected chi connectivity index (χ1v) is 8.49. The number of hydrogen-bond acceptors (Lipinski definition) is 5. The summed E-state index contributed by atoms with van der Waals surface area (Å²) in [5, 5.41) is 0.101. The van der Waals surface area contributed by atoms with Gasteiger partial charge in [-0.25, -0.2) is 0 Å². The molecule has 0 fully saturated rings. The summed E-state index contributed by atoms with van der Waals surface area (Å²) in [4.78, 5) is 21.7. The van der Waals surface area contributed by atoms with Crippen molar-refractivity contribution in [1.29, 1.82) is 0 Å². The van der Waals surface area contributed by atoms with Crippen LogP contribution in [0.4, 0.5) is 0 Å². The van der Waals surface area contributed by atoms with Crippen LogP contribution in [0.2, 0.25) is 0 Å². The Morgan fingerprint density at radius 1 is 0.824 bits per heavy atom. The van der Waals surface area contributed by atoms with E-state index in [1.54, 1.807) is 0 Å². The van der Waals surface area contributed by atoms with Crippen molar-refractivity contribution in [3.63, 3.8) is 0 Å². The summed E-state index contributed by atoms with van der Waals surface area (Å²) in [5.74, 6) is 3.86. The molecule has 0 radical (unpaired) electrons. The largest absolute Gasteiger partial charge is 0.282 e. The normalized spacial score (nSPS) is 9.88. The van der Waals surface area contributed by atoms with Crippen LogP contribution in [0.25, 0.3) is 0 Å². The summed E-state index contributed by atoms with van der Waals surface area (Å²) in [6.07, 6.45) is 4.78. The molecule has 0 saturated carbocycles. The Morgan fingerprint density at radius 3 is 1.59 bits per heavy atom. The molecule has 0 bridgehead atoms. The Kier molecular flexibility index (Phi) is 12.2. The van der Waals surface area contributed by atoms with E-state index in [9.17, 15) is 9.59 Å². The highest BCUT2D eigenvalue weighted by atomic mass is 32.2. The quantitative estimate of drug-likeness (QED) is 0.455. The standard InChI is InChI=1S/C12H18O2S3/c1-3-11(13)16-9-5-7-15-8-6-10-17-12(14)4-2/h3-4H,1-2,5-10H2. The summed E-state index contributed by atoms with van der Waals surface area (Å²) in [7, 11) is 0. The average Bonchev–Trinajstić information content (AvgIpc) is 2.35. The van der Waals surface area contributed by atoms with Crippen molar-refractivity contribution in [3.8, 4) is 0 Å². The minimum atomic E-state index is 0.0503. The van der Waals surface area contributed by atoms with Gasteiger partial charge in [-0.2, -0.15) is 11.8 Å². The Balaban J connectivity index is 3.13. The van der Waals surface area contributed by atoms with Crippen molar-refractivity contribution < 1.29 is 9.59 Å². The summed E-state index contributed by atoms with van der Waals surface area (Å²) >= 11 is 4.51. The summed E-state index contributed by atoms with van der Waals surface area (Å²) in [6.45, 7) is 6.84. The highest BCUT2D eigenvalue weighted by Gasteiger charge is 1.98. The van der Waals surface area contributed by atoms with Crippen LogP contribution in [0, 0.1) is 0 Å². The molecule has 0 rings (SSSR count). The second kappa shape index (κ2) is 12.3. The molecule has 5 heteroatoms. The van der Waals surface area contributed by atoms with Crippen LogP contribution >= 0.6 is 35.3 Å². The van der Waals surface area contributed by atoms with Gasteiger partial charge in [0.05, 0.1) is 0 Å². The van der Waals surface area contributed by atoms with Crippen LogP contribution in [-0.2, 0) is 9.59 Å². The van der Waals surface area contributed by atoms with Crippen LogP contribution in [0.1, 0.15) is 12.8 Å². The van der Waals surface area contributed by atoms with E-state index in [2.05, 4.69) is 13.2 Å². The molecule has 0 aliphatic heterocycles.